The summed E-state index contributed by atoms with van der Waals surface area (Å²) in [5.74, 6) is -0.527. The zero-order valence-corrected chi connectivity index (χ0v) is 17.5. The molecule has 0 atom stereocenters. The third-order valence-corrected chi connectivity index (χ3v) is 5.85. The molecule has 1 amide bonds. The fourth-order valence-corrected chi connectivity index (χ4v) is 3.86. The maximum Gasteiger partial charge on any atom is 0.416 e. The molecule has 0 bridgehead atoms. The number of carbonyl (C=O) groups is 1. The van der Waals surface area contributed by atoms with Crippen LogP contribution in [0.5, 0.6) is 0 Å². The Hall–Kier alpha value is -3.60. The molecule has 2 N–H and O–H groups in total. The molecule has 0 fully saturated rings. The predicted octanol–water partition coefficient (Wildman–Crippen LogP) is 3.94. The summed E-state index contributed by atoms with van der Waals surface area (Å²) in [5.41, 5.74) is -0.906. The van der Waals surface area contributed by atoms with Crippen LogP contribution in [0.2, 0.25) is 0 Å². The van der Waals surface area contributed by atoms with Crippen LogP contribution in [0, 0.1) is 0 Å². The molecule has 2 aromatic carbocycles. The normalized spacial score (nSPS) is 11.8. The zero-order chi connectivity index (χ0) is 23.5. The van der Waals surface area contributed by atoms with Crippen LogP contribution in [0.4, 0.5) is 24.5 Å². The number of hydrogen-bond acceptors (Lipinski definition) is 4. The molecule has 3 rings (SSSR count). The number of carbonyl (C=O) groups excluding carboxylic acids is 1. The Labute approximate surface area is 181 Å². The Morgan fingerprint density at radius 3 is 2.31 bits per heavy atom. The van der Waals surface area contributed by atoms with Crippen molar-refractivity contribution < 1.29 is 26.4 Å². The Morgan fingerprint density at radius 2 is 1.69 bits per heavy atom. The summed E-state index contributed by atoms with van der Waals surface area (Å²) in [6.45, 7) is 2.20. The van der Waals surface area contributed by atoms with Crippen LogP contribution in [0.3, 0.4) is 0 Å². The molecule has 0 radical (unpaired) electrons. The molecule has 0 aliphatic carbocycles. The van der Waals surface area contributed by atoms with E-state index in [9.17, 15) is 31.2 Å². The van der Waals surface area contributed by atoms with Crippen LogP contribution in [0.1, 0.15) is 22.8 Å². The van der Waals surface area contributed by atoms with Gasteiger partial charge in [0, 0.05) is 30.1 Å². The third kappa shape index (κ3) is 5.35. The average molecular weight is 465 g/mol. The monoisotopic (exact) mass is 465 g/mol. The minimum absolute atomic E-state index is 0.150. The first kappa shape index (κ1) is 23.1. The summed E-state index contributed by atoms with van der Waals surface area (Å²) >= 11 is 0. The minimum Gasteiger partial charge on any atom is -0.321 e. The molecule has 3 aromatic rings. The number of alkyl halides is 3. The predicted molar refractivity (Wildman–Crippen MR) is 113 cm³/mol. The standard InChI is InChI=1S/C21H18F3N3O4S/c1-2-27-13-17(8-11-19(27)28)25-20(29)14-6-9-18(10-7-14)32(30,31)26-16-5-3-4-15(12-16)21(22,23)24/h3-13,26H,2H2,1H3,(H,25,29). The van der Waals surface area contributed by atoms with Gasteiger partial charge in [0.2, 0.25) is 0 Å². The van der Waals surface area contributed by atoms with E-state index in [1.165, 1.54) is 41.1 Å². The Kier molecular flexibility index (Phi) is 6.40. The minimum atomic E-state index is -4.61. The maximum absolute atomic E-state index is 12.8. The molecule has 1 heterocycles. The second-order valence-corrected chi connectivity index (χ2v) is 8.39. The van der Waals surface area contributed by atoms with Crippen molar-refractivity contribution in [2.45, 2.75) is 24.5 Å². The highest BCUT2D eigenvalue weighted by molar-refractivity contribution is 7.92. The molecule has 32 heavy (non-hydrogen) atoms. The van der Waals surface area contributed by atoms with Gasteiger partial charge in [-0.25, -0.2) is 8.42 Å². The first-order chi connectivity index (χ1) is 15.0. The number of aromatic nitrogens is 1. The van der Waals surface area contributed by atoms with Crippen molar-refractivity contribution in [3.8, 4) is 0 Å². The van der Waals surface area contributed by atoms with Gasteiger partial charge in [-0.1, -0.05) is 6.07 Å². The van der Waals surface area contributed by atoms with E-state index in [2.05, 4.69) is 10.0 Å². The van der Waals surface area contributed by atoms with Crippen molar-refractivity contribution in [3.63, 3.8) is 0 Å². The summed E-state index contributed by atoms with van der Waals surface area (Å²) in [7, 11) is -4.18. The Morgan fingerprint density at radius 1 is 1.00 bits per heavy atom. The summed E-state index contributed by atoms with van der Waals surface area (Å²) in [4.78, 5) is 23.8. The van der Waals surface area contributed by atoms with E-state index in [4.69, 9.17) is 0 Å². The van der Waals surface area contributed by atoms with E-state index in [1.807, 2.05) is 0 Å². The molecule has 0 aliphatic rings. The Bertz CT molecular complexity index is 1300. The van der Waals surface area contributed by atoms with Gasteiger partial charge in [-0.15, -0.1) is 0 Å². The van der Waals surface area contributed by atoms with Gasteiger partial charge in [-0.2, -0.15) is 13.2 Å². The fourth-order valence-electron chi connectivity index (χ4n) is 2.81. The van der Waals surface area contributed by atoms with Gasteiger partial charge in [-0.05, 0) is 55.5 Å². The lowest BCUT2D eigenvalue weighted by molar-refractivity contribution is -0.137. The fraction of sp³-hybridized carbons (Fsp3) is 0.143. The van der Waals surface area contributed by atoms with Gasteiger partial charge >= 0.3 is 6.18 Å². The van der Waals surface area contributed by atoms with E-state index in [-0.39, 0.29) is 21.7 Å². The zero-order valence-electron chi connectivity index (χ0n) is 16.7. The highest BCUT2D eigenvalue weighted by atomic mass is 32.2. The van der Waals surface area contributed by atoms with Crippen LogP contribution in [-0.4, -0.2) is 18.9 Å². The molecule has 0 spiro atoms. The van der Waals surface area contributed by atoms with Crippen molar-refractivity contribution in [1.82, 2.24) is 4.57 Å². The summed E-state index contributed by atoms with van der Waals surface area (Å²) in [5, 5.41) is 2.61. The molecule has 0 aliphatic heterocycles. The summed E-state index contributed by atoms with van der Waals surface area (Å²) < 4.78 is 67.0. The van der Waals surface area contributed by atoms with Crippen LogP contribution in [-0.2, 0) is 22.7 Å². The number of sulfonamides is 1. The van der Waals surface area contributed by atoms with Gasteiger partial charge < -0.3 is 9.88 Å². The molecular weight excluding hydrogens is 447 g/mol. The number of benzene rings is 2. The van der Waals surface area contributed by atoms with E-state index in [0.29, 0.717) is 18.3 Å². The first-order valence-electron chi connectivity index (χ1n) is 9.31. The van der Waals surface area contributed by atoms with Crippen molar-refractivity contribution in [1.29, 1.82) is 0 Å². The highest BCUT2D eigenvalue weighted by Gasteiger charge is 2.30. The average Bonchev–Trinajstić information content (AvgIpc) is 2.74. The van der Waals surface area contributed by atoms with Gasteiger partial charge in [0.25, 0.3) is 21.5 Å². The van der Waals surface area contributed by atoms with Crippen LogP contribution >= 0.6 is 0 Å². The van der Waals surface area contributed by atoms with Gasteiger partial charge in [0.1, 0.15) is 0 Å². The topological polar surface area (TPSA) is 97.3 Å². The van der Waals surface area contributed by atoms with Gasteiger partial charge in [0.05, 0.1) is 16.1 Å². The number of nitrogens with zero attached hydrogens (tertiary/aromatic N) is 1. The molecule has 168 valence electrons. The van der Waals surface area contributed by atoms with E-state index in [0.717, 1.165) is 24.3 Å². The number of anilines is 2. The first-order valence-corrected chi connectivity index (χ1v) is 10.8. The molecule has 0 saturated carbocycles. The lowest BCUT2D eigenvalue weighted by Gasteiger charge is -2.12. The Balaban J connectivity index is 1.76. The smallest absolute Gasteiger partial charge is 0.321 e. The lowest BCUT2D eigenvalue weighted by atomic mass is 10.2. The van der Waals surface area contributed by atoms with Crippen LogP contribution < -0.4 is 15.6 Å². The molecule has 11 heteroatoms. The second-order valence-electron chi connectivity index (χ2n) is 6.70. The number of amides is 1. The number of rotatable bonds is 6. The van der Waals surface area contributed by atoms with Crippen molar-refractivity contribution >= 4 is 27.3 Å². The lowest BCUT2D eigenvalue weighted by Crippen LogP contribution is -2.20. The van der Waals surface area contributed by atoms with Crippen molar-refractivity contribution in [3.05, 3.63) is 88.3 Å². The molecule has 7 nitrogen and oxygen atoms in total. The molecule has 0 unspecified atom stereocenters. The van der Waals surface area contributed by atoms with Crippen molar-refractivity contribution in [2.24, 2.45) is 0 Å². The molecule has 1 aromatic heterocycles. The molecule has 0 saturated heterocycles. The summed E-state index contributed by atoms with van der Waals surface area (Å²) in [6.07, 6.45) is -3.13. The number of hydrogen-bond donors (Lipinski definition) is 2. The quantitative estimate of drug-likeness (QED) is 0.576. The number of halogens is 3. The number of nitrogens with one attached hydrogen (secondary N) is 2. The maximum atomic E-state index is 12.8. The van der Waals surface area contributed by atoms with E-state index in [1.54, 1.807) is 6.92 Å². The second kappa shape index (κ2) is 8.87. The number of aryl methyl sites for hydroxylation is 1. The van der Waals surface area contributed by atoms with Gasteiger partial charge in [-0.3, -0.25) is 14.3 Å². The largest absolute Gasteiger partial charge is 0.416 e. The SMILES string of the molecule is CCn1cc(NC(=O)c2ccc(S(=O)(=O)Nc3cccc(C(F)(F)F)c3)cc2)ccc1=O. The van der Waals surface area contributed by atoms with Crippen LogP contribution in [0.15, 0.2) is 76.6 Å². The van der Waals surface area contributed by atoms with E-state index < -0.39 is 27.7 Å². The van der Waals surface area contributed by atoms with Gasteiger partial charge in [0.15, 0.2) is 0 Å². The highest BCUT2D eigenvalue weighted by Crippen LogP contribution is 2.31. The third-order valence-electron chi connectivity index (χ3n) is 4.45. The summed E-state index contributed by atoms with van der Waals surface area (Å²) in [6, 6.07) is 11.4. The van der Waals surface area contributed by atoms with E-state index >= 15 is 0 Å². The number of pyridine rings is 1. The molecular formula is C21H18F3N3O4S. The van der Waals surface area contributed by atoms with Crippen molar-refractivity contribution in [2.75, 3.05) is 10.0 Å². The van der Waals surface area contributed by atoms with Crippen LogP contribution in [0.25, 0.3) is 0 Å².